The molecule has 186 valence electrons. The highest BCUT2D eigenvalue weighted by atomic mass is 19.4. The molecule has 1 aliphatic heterocycles. The minimum absolute atomic E-state index is 0.237. The lowest BCUT2D eigenvalue weighted by Crippen LogP contribution is -2.34. The predicted molar refractivity (Wildman–Crippen MR) is 121 cm³/mol. The minimum Gasteiger partial charge on any atom is -0.494 e. The molecule has 2 N–H and O–H groups in total. The van der Waals surface area contributed by atoms with Gasteiger partial charge < -0.3 is 19.8 Å². The van der Waals surface area contributed by atoms with Gasteiger partial charge in [-0.1, -0.05) is 42.5 Å². The Morgan fingerprint density at radius 2 is 1.56 bits per heavy atom. The lowest BCUT2D eigenvalue weighted by molar-refractivity contribution is -0.192. The number of hydrogen-bond acceptors (Lipinski definition) is 4. The molecule has 0 bridgehead atoms. The molecule has 2 aromatic rings. The van der Waals surface area contributed by atoms with Crippen molar-refractivity contribution in [2.75, 3.05) is 26.2 Å². The number of carboxylic acid groups (broad SMARTS) is 2. The third-order valence-electron chi connectivity index (χ3n) is 5.54. The standard InChI is InChI=1S/C23H29NO3.C2HF3O2/c25-23(26)14-17-24-15-12-21(13-16-24)20-8-10-22(11-9-20)27-18-4-7-19-5-2-1-3-6-19;3-2(4,5)1(6)7/h1-3,5-6,8-11,21H,4,7,12-18H2,(H,25,26);(H,6,7). The second kappa shape index (κ2) is 13.6. The van der Waals surface area contributed by atoms with Gasteiger partial charge in [0, 0.05) is 6.54 Å². The van der Waals surface area contributed by atoms with Crippen LogP contribution in [0.3, 0.4) is 0 Å². The summed E-state index contributed by atoms with van der Waals surface area (Å²) in [6.07, 6.45) is -0.602. The molecule has 0 aliphatic carbocycles. The number of likely N-dealkylation sites (tertiary alicyclic amines) is 1. The average molecular weight is 482 g/mol. The van der Waals surface area contributed by atoms with Crippen molar-refractivity contribution in [3.05, 3.63) is 65.7 Å². The maximum atomic E-state index is 10.7. The Kier molecular flexibility index (Phi) is 10.9. The van der Waals surface area contributed by atoms with Gasteiger partial charge in [0.1, 0.15) is 5.75 Å². The number of carboxylic acids is 2. The van der Waals surface area contributed by atoms with Gasteiger partial charge in [-0.2, -0.15) is 13.2 Å². The number of hydrogen-bond donors (Lipinski definition) is 2. The van der Waals surface area contributed by atoms with Crippen LogP contribution >= 0.6 is 0 Å². The molecule has 0 spiro atoms. The third kappa shape index (κ3) is 10.2. The topological polar surface area (TPSA) is 87.1 Å². The Bertz CT molecular complexity index is 880. The van der Waals surface area contributed by atoms with Gasteiger partial charge in [0.25, 0.3) is 0 Å². The average Bonchev–Trinajstić information content (AvgIpc) is 2.82. The highest BCUT2D eigenvalue weighted by molar-refractivity contribution is 5.73. The molecule has 0 radical (unpaired) electrons. The quantitative estimate of drug-likeness (QED) is 0.491. The Morgan fingerprint density at radius 1 is 0.971 bits per heavy atom. The molecule has 0 saturated carbocycles. The molecule has 1 saturated heterocycles. The first-order valence-corrected chi connectivity index (χ1v) is 11.2. The summed E-state index contributed by atoms with van der Waals surface area (Å²) in [6.45, 7) is 3.36. The fourth-order valence-corrected chi connectivity index (χ4v) is 3.69. The minimum atomic E-state index is -5.08. The van der Waals surface area contributed by atoms with Crippen molar-refractivity contribution in [1.29, 1.82) is 0 Å². The van der Waals surface area contributed by atoms with Gasteiger partial charge >= 0.3 is 18.1 Å². The maximum absolute atomic E-state index is 10.7. The van der Waals surface area contributed by atoms with E-state index in [9.17, 15) is 18.0 Å². The summed E-state index contributed by atoms with van der Waals surface area (Å²) >= 11 is 0. The van der Waals surface area contributed by atoms with Gasteiger partial charge in [-0.15, -0.1) is 0 Å². The van der Waals surface area contributed by atoms with Crippen molar-refractivity contribution in [3.8, 4) is 5.75 Å². The van der Waals surface area contributed by atoms with E-state index in [0.717, 1.165) is 51.1 Å². The van der Waals surface area contributed by atoms with E-state index in [1.807, 2.05) is 6.07 Å². The van der Waals surface area contributed by atoms with Gasteiger partial charge in [-0.05, 0) is 68.0 Å². The molecule has 0 aromatic heterocycles. The number of benzene rings is 2. The molecule has 0 unspecified atom stereocenters. The Labute approximate surface area is 197 Å². The van der Waals surface area contributed by atoms with E-state index >= 15 is 0 Å². The first-order chi connectivity index (χ1) is 16.1. The van der Waals surface area contributed by atoms with Crippen LogP contribution in [0.15, 0.2) is 54.6 Å². The van der Waals surface area contributed by atoms with Crippen molar-refractivity contribution >= 4 is 11.9 Å². The first-order valence-electron chi connectivity index (χ1n) is 11.2. The van der Waals surface area contributed by atoms with Crippen LogP contribution < -0.4 is 4.74 Å². The molecule has 9 heteroatoms. The molecule has 6 nitrogen and oxygen atoms in total. The second-order valence-corrected chi connectivity index (χ2v) is 8.07. The summed E-state index contributed by atoms with van der Waals surface area (Å²) in [5, 5.41) is 15.9. The smallest absolute Gasteiger partial charge is 0.490 e. The normalized spacial score (nSPS) is 14.7. The molecular weight excluding hydrogens is 451 g/mol. The van der Waals surface area contributed by atoms with E-state index in [1.165, 1.54) is 11.1 Å². The molecule has 1 heterocycles. The zero-order valence-corrected chi connectivity index (χ0v) is 18.8. The van der Waals surface area contributed by atoms with Crippen molar-refractivity contribution in [3.63, 3.8) is 0 Å². The molecule has 0 amide bonds. The monoisotopic (exact) mass is 481 g/mol. The molecule has 1 fully saturated rings. The lowest BCUT2D eigenvalue weighted by atomic mass is 9.89. The van der Waals surface area contributed by atoms with E-state index in [4.69, 9.17) is 19.7 Å². The zero-order valence-electron chi connectivity index (χ0n) is 18.8. The van der Waals surface area contributed by atoms with E-state index in [2.05, 4.69) is 53.4 Å². The maximum Gasteiger partial charge on any atom is 0.490 e. The largest absolute Gasteiger partial charge is 0.494 e. The Morgan fingerprint density at radius 3 is 2.09 bits per heavy atom. The third-order valence-corrected chi connectivity index (χ3v) is 5.54. The highest BCUT2D eigenvalue weighted by Gasteiger charge is 2.38. The Hall–Kier alpha value is -3.07. The predicted octanol–water partition coefficient (Wildman–Crippen LogP) is 4.99. The summed E-state index contributed by atoms with van der Waals surface area (Å²) in [4.78, 5) is 21.8. The first kappa shape index (κ1) is 27.2. The number of aliphatic carboxylic acids is 2. The molecule has 2 aromatic carbocycles. The summed E-state index contributed by atoms with van der Waals surface area (Å²) in [5.74, 6) is -1.96. The summed E-state index contributed by atoms with van der Waals surface area (Å²) in [5.41, 5.74) is 2.72. The van der Waals surface area contributed by atoms with Crippen LogP contribution in [0.1, 0.15) is 42.7 Å². The number of ether oxygens (including phenoxy) is 1. The Balaban J connectivity index is 0.000000509. The second-order valence-electron chi connectivity index (χ2n) is 8.07. The van der Waals surface area contributed by atoms with Crippen LogP contribution in [0.25, 0.3) is 0 Å². The van der Waals surface area contributed by atoms with E-state index in [1.54, 1.807) is 0 Å². The number of nitrogens with zero attached hydrogens (tertiary/aromatic N) is 1. The fraction of sp³-hybridized carbons (Fsp3) is 0.440. The summed E-state index contributed by atoms with van der Waals surface area (Å²) in [7, 11) is 0. The van der Waals surface area contributed by atoms with E-state index in [0.29, 0.717) is 12.5 Å². The van der Waals surface area contributed by atoms with Crippen LogP contribution in [0.4, 0.5) is 13.2 Å². The number of rotatable bonds is 9. The molecule has 3 rings (SSSR count). The lowest BCUT2D eigenvalue weighted by Gasteiger charge is -2.31. The number of carbonyl (C=O) groups is 2. The van der Waals surface area contributed by atoms with Gasteiger partial charge in [-0.25, -0.2) is 4.79 Å². The van der Waals surface area contributed by atoms with Crippen LogP contribution in [-0.4, -0.2) is 59.5 Å². The van der Waals surface area contributed by atoms with Gasteiger partial charge in [0.2, 0.25) is 0 Å². The SMILES string of the molecule is O=C(O)C(F)(F)F.O=C(O)CCN1CCC(c2ccc(OCCCc3ccccc3)cc2)CC1. The molecule has 1 aliphatic rings. The fourth-order valence-electron chi connectivity index (χ4n) is 3.69. The van der Waals surface area contributed by atoms with Gasteiger partial charge in [0.05, 0.1) is 13.0 Å². The number of piperidine rings is 1. The van der Waals surface area contributed by atoms with Crippen molar-refractivity contribution in [2.45, 2.75) is 44.2 Å². The van der Waals surface area contributed by atoms with E-state index < -0.39 is 18.1 Å². The van der Waals surface area contributed by atoms with Crippen LogP contribution in [-0.2, 0) is 16.0 Å². The van der Waals surface area contributed by atoms with Crippen LogP contribution in [0, 0.1) is 0 Å². The van der Waals surface area contributed by atoms with E-state index in [-0.39, 0.29) is 6.42 Å². The van der Waals surface area contributed by atoms with Gasteiger partial charge in [-0.3, -0.25) is 4.79 Å². The molecular formula is C25H30F3NO5. The summed E-state index contributed by atoms with van der Waals surface area (Å²) in [6, 6.07) is 19.0. The highest BCUT2D eigenvalue weighted by Crippen LogP contribution is 2.29. The van der Waals surface area contributed by atoms with Crippen molar-refractivity contribution in [1.82, 2.24) is 4.90 Å². The number of halogens is 3. The van der Waals surface area contributed by atoms with Crippen LogP contribution in [0.5, 0.6) is 5.75 Å². The molecule has 0 atom stereocenters. The number of alkyl halides is 3. The van der Waals surface area contributed by atoms with Gasteiger partial charge in [0.15, 0.2) is 0 Å². The van der Waals surface area contributed by atoms with Crippen LogP contribution in [0.2, 0.25) is 0 Å². The summed E-state index contributed by atoms with van der Waals surface area (Å²) < 4.78 is 37.6. The van der Waals surface area contributed by atoms with Crippen molar-refractivity contribution < 1.29 is 37.7 Å². The number of aryl methyl sites for hydroxylation is 1. The van der Waals surface area contributed by atoms with Crippen molar-refractivity contribution in [2.24, 2.45) is 0 Å². The molecule has 34 heavy (non-hydrogen) atoms. The zero-order chi connectivity index (χ0) is 25.0.